The molecule has 224 valence electrons. The third-order valence-corrected chi connectivity index (χ3v) is 7.17. The average Bonchev–Trinajstić information content (AvgIpc) is 3.31. The summed E-state index contributed by atoms with van der Waals surface area (Å²) < 4.78 is 16.4. The van der Waals surface area contributed by atoms with Crippen molar-refractivity contribution < 1.29 is 28.6 Å². The summed E-state index contributed by atoms with van der Waals surface area (Å²) in [6.07, 6.45) is 0.870. The normalized spacial score (nSPS) is 13.2. The fraction of sp³-hybridized carbons (Fsp3) is 0.286. The van der Waals surface area contributed by atoms with Crippen LogP contribution in [0.25, 0.3) is 11.1 Å². The molecule has 2 atom stereocenters. The van der Waals surface area contributed by atoms with Gasteiger partial charge in [-0.3, -0.25) is 4.79 Å². The summed E-state index contributed by atoms with van der Waals surface area (Å²) in [5.74, 6) is -0.350. The number of carbonyl (C=O) groups is 3. The summed E-state index contributed by atoms with van der Waals surface area (Å²) in [7, 11) is 0. The van der Waals surface area contributed by atoms with Crippen molar-refractivity contribution in [3.63, 3.8) is 0 Å². The van der Waals surface area contributed by atoms with Gasteiger partial charge in [-0.25, -0.2) is 9.59 Å². The summed E-state index contributed by atoms with van der Waals surface area (Å²) in [6, 6.07) is 21.3. The fourth-order valence-electron chi connectivity index (χ4n) is 5.10. The van der Waals surface area contributed by atoms with Gasteiger partial charge in [0.25, 0.3) is 0 Å². The second kappa shape index (κ2) is 14.4. The maximum absolute atomic E-state index is 13.5. The molecule has 0 heterocycles. The van der Waals surface area contributed by atoms with Crippen molar-refractivity contribution in [1.82, 2.24) is 10.6 Å². The first-order valence-electron chi connectivity index (χ1n) is 14.3. The van der Waals surface area contributed by atoms with Crippen molar-refractivity contribution in [3.8, 4) is 16.9 Å². The van der Waals surface area contributed by atoms with Crippen LogP contribution >= 0.6 is 0 Å². The average molecular weight is 583 g/mol. The Morgan fingerprint density at radius 3 is 2.05 bits per heavy atom. The molecule has 0 radical (unpaired) electrons. The van der Waals surface area contributed by atoms with Gasteiger partial charge in [0.05, 0.1) is 5.76 Å². The molecule has 2 amide bonds. The molecule has 0 fully saturated rings. The molecule has 0 aliphatic heterocycles. The number of ether oxygens (including phenoxy) is 3. The third kappa shape index (κ3) is 7.92. The highest BCUT2D eigenvalue weighted by molar-refractivity contribution is 5.90. The van der Waals surface area contributed by atoms with Gasteiger partial charge in [0.1, 0.15) is 31.0 Å². The van der Waals surface area contributed by atoms with Crippen LogP contribution in [-0.2, 0) is 25.5 Å². The highest BCUT2D eigenvalue weighted by atomic mass is 16.5. The van der Waals surface area contributed by atoms with E-state index in [4.69, 9.17) is 14.2 Å². The molecule has 0 bridgehead atoms. The molecular weight excluding hydrogens is 544 g/mol. The van der Waals surface area contributed by atoms with Crippen LogP contribution < -0.4 is 15.4 Å². The lowest BCUT2D eigenvalue weighted by molar-refractivity contribution is -0.148. The lowest BCUT2D eigenvalue weighted by Gasteiger charge is -2.25. The summed E-state index contributed by atoms with van der Waals surface area (Å²) in [6.45, 7) is 12.8. The van der Waals surface area contributed by atoms with Gasteiger partial charge in [-0.15, -0.1) is 0 Å². The number of hydrogen-bond acceptors (Lipinski definition) is 6. The Labute approximate surface area is 252 Å². The molecule has 0 saturated heterocycles. The summed E-state index contributed by atoms with van der Waals surface area (Å²) in [5, 5.41) is 5.48. The van der Waals surface area contributed by atoms with E-state index in [0.29, 0.717) is 11.5 Å². The molecule has 8 heteroatoms. The Kier molecular flexibility index (Phi) is 10.4. The van der Waals surface area contributed by atoms with Crippen molar-refractivity contribution in [3.05, 3.63) is 114 Å². The van der Waals surface area contributed by atoms with Gasteiger partial charge in [-0.2, -0.15) is 0 Å². The van der Waals surface area contributed by atoms with Crippen LogP contribution in [-0.4, -0.2) is 43.3 Å². The van der Waals surface area contributed by atoms with E-state index in [0.717, 1.165) is 27.8 Å². The Balaban J connectivity index is 1.49. The molecule has 3 aromatic carbocycles. The van der Waals surface area contributed by atoms with E-state index in [1.165, 1.54) is 6.08 Å². The number of rotatable bonds is 13. The largest absolute Gasteiger partial charge is 0.463 e. The van der Waals surface area contributed by atoms with E-state index in [-0.39, 0.29) is 31.5 Å². The second-order valence-electron chi connectivity index (χ2n) is 10.8. The number of carbonyl (C=O) groups excluding carboxylic acids is 3. The molecule has 0 saturated carbocycles. The SMILES string of the molecule is C=CCOC(=O)[C@@H](NC(=O)[C@H](Cc1ccc(OC(=C)C)cc1)NC(=O)OCC1c2ccccc2-c2ccccc21)C(C)C. The minimum absolute atomic E-state index is 0.0257. The minimum atomic E-state index is -1.03. The van der Waals surface area contributed by atoms with Gasteiger partial charge >= 0.3 is 12.1 Å². The van der Waals surface area contributed by atoms with Gasteiger partial charge in [0.15, 0.2) is 0 Å². The maximum atomic E-state index is 13.5. The van der Waals surface area contributed by atoms with Crippen molar-refractivity contribution in [2.75, 3.05) is 13.2 Å². The monoisotopic (exact) mass is 582 g/mol. The van der Waals surface area contributed by atoms with E-state index in [1.54, 1.807) is 45.0 Å². The lowest BCUT2D eigenvalue weighted by Crippen LogP contribution is -2.54. The van der Waals surface area contributed by atoms with Gasteiger partial charge in [-0.1, -0.05) is 93.7 Å². The second-order valence-corrected chi connectivity index (χ2v) is 10.8. The summed E-state index contributed by atoms with van der Waals surface area (Å²) >= 11 is 0. The lowest BCUT2D eigenvalue weighted by atomic mass is 9.98. The molecule has 1 aliphatic rings. The fourth-order valence-corrected chi connectivity index (χ4v) is 5.10. The Morgan fingerprint density at radius 2 is 1.49 bits per heavy atom. The first-order valence-corrected chi connectivity index (χ1v) is 14.3. The molecule has 2 N–H and O–H groups in total. The number of esters is 1. The first kappa shape index (κ1) is 31.1. The molecule has 43 heavy (non-hydrogen) atoms. The predicted molar refractivity (Wildman–Crippen MR) is 166 cm³/mol. The van der Waals surface area contributed by atoms with E-state index in [1.807, 2.05) is 36.4 Å². The Hall–Kier alpha value is -4.85. The van der Waals surface area contributed by atoms with Gasteiger partial charge in [0, 0.05) is 12.3 Å². The number of benzene rings is 3. The van der Waals surface area contributed by atoms with Gasteiger partial charge < -0.3 is 24.8 Å². The van der Waals surface area contributed by atoms with Crippen LogP contribution in [0.5, 0.6) is 5.75 Å². The van der Waals surface area contributed by atoms with Crippen molar-refractivity contribution in [1.29, 1.82) is 0 Å². The quantitative estimate of drug-likeness (QED) is 0.147. The molecule has 8 nitrogen and oxygen atoms in total. The summed E-state index contributed by atoms with van der Waals surface area (Å²) in [5.41, 5.74) is 5.17. The van der Waals surface area contributed by atoms with Gasteiger partial charge in [0.2, 0.25) is 5.91 Å². The number of allylic oxidation sites excluding steroid dienone is 1. The van der Waals surface area contributed by atoms with E-state index < -0.39 is 30.1 Å². The van der Waals surface area contributed by atoms with Crippen LogP contribution in [0, 0.1) is 5.92 Å². The highest BCUT2D eigenvalue weighted by Crippen LogP contribution is 2.44. The van der Waals surface area contributed by atoms with Crippen molar-refractivity contribution in [2.45, 2.75) is 45.2 Å². The molecule has 0 aromatic heterocycles. The van der Waals surface area contributed by atoms with Crippen LogP contribution in [0.3, 0.4) is 0 Å². The zero-order valence-electron chi connectivity index (χ0n) is 24.8. The van der Waals surface area contributed by atoms with E-state index in [2.05, 4.69) is 35.9 Å². The third-order valence-electron chi connectivity index (χ3n) is 7.17. The zero-order valence-corrected chi connectivity index (χ0v) is 24.8. The molecule has 0 spiro atoms. The van der Waals surface area contributed by atoms with Crippen LogP contribution in [0.15, 0.2) is 97.8 Å². The molecular formula is C35H38N2O6. The number of amides is 2. The maximum Gasteiger partial charge on any atom is 0.407 e. The molecule has 0 unspecified atom stereocenters. The molecule has 1 aliphatic carbocycles. The van der Waals surface area contributed by atoms with Crippen LogP contribution in [0.2, 0.25) is 0 Å². The number of hydrogen-bond donors (Lipinski definition) is 2. The smallest absolute Gasteiger partial charge is 0.407 e. The Bertz CT molecular complexity index is 1430. The van der Waals surface area contributed by atoms with E-state index in [9.17, 15) is 14.4 Å². The van der Waals surface area contributed by atoms with E-state index >= 15 is 0 Å². The minimum Gasteiger partial charge on any atom is -0.463 e. The Morgan fingerprint density at radius 1 is 0.884 bits per heavy atom. The first-order chi connectivity index (χ1) is 20.7. The zero-order chi connectivity index (χ0) is 30.9. The van der Waals surface area contributed by atoms with Crippen LogP contribution in [0.4, 0.5) is 4.79 Å². The standard InChI is InChI=1S/C35H38N2O6/c1-6-19-41-34(39)32(22(2)3)37-33(38)31(20-24-15-17-25(18-16-24)43-23(4)5)36-35(40)42-21-30-28-13-9-7-11-26(28)27-12-8-10-14-29(27)30/h6-18,22,30-32H,1,4,19-21H2,2-3,5H3,(H,36,40)(H,37,38)/t31-,32-/m0/s1. The highest BCUT2D eigenvalue weighted by Gasteiger charge is 2.32. The van der Waals surface area contributed by atoms with Crippen molar-refractivity contribution in [2.24, 2.45) is 5.92 Å². The molecule has 3 aromatic rings. The number of fused-ring (bicyclic) bond motifs is 3. The van der Waals surface area contributed by atoms with Gasteiger partial charge in [-0.05, 0) is 52.8 Å². The van der Waals surface area contributed by atoms with Crippen LogP contribution in [0.1, 0.15) is 43.4 Å². The topological polar surface area (TPSA) is 103 Å². The van der Waals surface area contributed by atoms with Crippen molar-refractivity contribution >= 4 is 18.0 Å². The summed E-state index contributed by atoms with van der Waals surface area (Å²) in [4.78, 5) is 39.3. The molecule has 4 rings (SSSR count). The number of nitrogens with one attached hydrogen (secondary N) is 2. The predicted octanol–water partition coefficient (Wildman–Crippen LogP) is 5.92. The number of alkyl carbamates (subject to hydrolysis) is 1.